The normalized spacial score (nSPS) is 31.3. The zero-order valence-electron chi connectivity index (χ0n) is 15.1. The van der Waals surface area contributed by atoms with Crippen LogP contribution in [0.4, 0.5) is 0 Å². The van der Waals surface area contributed by atoms with Gasteiger partial charge in [-0.1, -0.05) is 0 Å². The highest BCUT2D eigenvalue weighted by Crippen LogP contribution is 2.42. The van der Waals surface area contributed by atoms with Crippen LogP contribution in [0.1, 0.15) is 52.4 Å². The van der Waals surface area contributed by atoms with Crippen LogP contribution >= 0.6 is 0 Å². The molecule has 2 fully saturated rings. The second-order valence-electron chi connectivity index (χ2n) is 7.54. The van der Waals surface area contributed by atoms with Crippen LogP contribution in [0.2, 0.25) is 0 Å². The molecule has 26 heavy (non-hydrogen) atoms. The maximum atomic E-state index is 12.9. The van der Waals surface area contributed by atoms with E-state index in [0.29, 0.717) is 59.9 Å². The van der Waals surface area contributed by atoms with Crippen LogP contribution < -0.4 is 0 Å². The Bertz CT molecular complexity index is 768. The van der Waals surface area contributed by atoms with Crippen LogP contribution in [0.3, 0.4) is 0 Å². The second-order valence-corrected chi connectivity index (χ2v) is 7.54. The molecule has 0 bridgehead atoms. The number of rotatable bonds is 2. The Hall–Kier alpha value is -2.43. The molecule has 0 aromatic heterocycles. The predicted molar refractivity (Wildman–Crippen MR) is 93.4 cm³/mol. The van der Waals surface area contributed by atoms with Gasteiger partial charge in [0.2, 0.25) is 0 Å². The van der Waals surface area contributed by atoms with Crippen molar-refractivity contribution in [1.29, 1.82) is 0 Å². The van der Waals surface area contributed by atoms with Crippen molar-refractivity contribution in [2.24, 2.45) is 11.8 Å². The highest BCUT2D eigenvalue weighted by Gasteiger charge is 2.35. The first-order chi connectivity index (χ1) is 12.4. The quantitative estimate of drug-likeness (QED) is 0.708. The number of allylic oxidation sites excluding steroid dienone is 8. The lowest BCUT2D eigenvalue weighted by Gasteiger charge is -2.12. The number of carbonyl (C=O) groups excluding carboxylic acids is 3. The first-order valence-electron chi connectivity index (χ1n) is 9.21. The summed E-state index contributed by atoms with van der Waals surface area (Å²) in [4.78, 5) is 36.0. The van der Waals surface area contributed by atoms with Crippen molar-refractivity contribution in [3.05, 3.63) is 46.3 Å². The molecule has 0 spiro atoms. The van der Waals surface area contributed by atoms with Gasteiger partial charge in [0.25, 0.3) is 0 Å². The average Bonchev–Trinajstić information content (AvgIpc) is 3.22. The smallest absolute Gasteiger partial charge is 0.191 e. The van der Waals surface area contributed by atoms with Gasteiger partial charge in [-0.25, -0.2) is 0 Å². The van der Waals surface area contributed by atoms with Crippen molar-refractivity contribution in [3.8, 4) is 0 Å². The van der Waals surface area contributed by atoms with E-state index in [1.807, 2.05) is 0 Å². The predicted octanol–water partition coefficient (Wildman–Crippen LogP) is 3.67. The van der Waals surface area contributed by atoms with Gasteiger partial charge < -0.3 is 9.47 Å². The minimum Gasteiger partial charge on any atom is -0.465 e. The SMILES string of the molecule is C/C(C(=O)/C(C)=C1\CC2CCC(=O)C=C2O1)=C1/CC2CCC(=O)C=C2O1. The second kappa shape index (κ2) is 6.38. The summed E-state index contributed by atoms with van der Waals surface area (Å²) in [5.41, 5.74) is 1.14. The van der Waals surface area contributed by atoms with Crippen LogP contribution in [0.5, 0.6) is 0 Å². The fourth-order valence-corrected chi connectivity index (χ4v) is 4.05. The highest BCUT2D eigenvalue weighted by molar-refractivity contribution is 6.08. The summed E-state index contributed by atoms with van der Waals surface area (Å²) in [6.07, 6.45) is 7.13. The molecule has 2 heterocycles. The van der Waals surface area contributed by atoms with Crippen molar-refractivity contribution >= 4 is 17.3 Å². The number of ketones is 3. The number of fused-ring (bicyclic) bond motifs is 2. The lowest BCUT2D eigenvalue weighted by atomic mass is 9.90. The van der Waals surface area contributed by atoms with Gasteiger partial charge in [0, 0.05) is 60.8 Å². The van der Waals surface area contributed by atoms with Gasteiger partial charge in [0.1, 0.15) is 23.0 Å². The molecule has 4 aliphatic rings. The van der Waals surface area contributed by atoms with E-state index in [2.05, 4.69) is 0 Å². The van der Waals surface area contributed by atoms with Gasteiger partial charge in [-0.2, -0.15) is 0 Å². The number of Topliss-reactive ketones (excluding diaryl/α,β-unsaturated/α-hetero) is 1. The summed E-state index contributed by atoms with van der Waals surface area (Å²) < 4.78 is 11.6. The van der Waals surface area contributed by atoms with E-state index in [9.17, 15) is 14.4 Å². The van der Waals surface area contributed by atoms with Crippen molar-refractivity contribution in [2.75, 3.05) is 0 Å². The molecule has 2 aliphatic heterocycles. The van der Waals surface area contributed by atoms with Crippen LogP contribution in [-0.2, 0) is 23.9 Å². The summed E-state index contributed by atoms with van der Waals surface area (Å²) in [5, 5.41) is 0. The molecular formula is C21H22O5. The maximum Gasteiger partial charge on any atom is 0.191 e. The standard InChI is InChI=1S/C21H22O5/c1-11(17-7-13-3-5-15(22)9-19(13)25-17)21(24)12(2)18-8-14-4-6-16(23)10-20(14)26-18/h9-10,13-14H,3-8H2,1-2H3/b17-11+,18-12+. The monoisotopic (exact) mass is 354 g/mol. The number of ether oxygens (including phenoxy) is 2. The van der Waals surface area contributed by atoms with Crippen LogP contribution in [-0.4, -0.2) is 17.3 Å². The van der Waals surface area contributed by atoms with Gasteiger partial charge >= 0.3 is 0 Å². The Balaban J connectivity index is 1.56. The fourth-order valence-electron chi connectivity index (χ4n) is 4.05. The van der Waals surface area contributed by atoms with E-state index < -0.39 is 0 Å². The van der Waals surface area contributed by atoms with Gasteiger partial charge in [0.15, 0.2) is 17.3 Å². The average molecular weight is 354 g/mol. The molecule has 2 atom stereocenters. The third kappa shape index (κ3) is 2.96. The lowest BCUT2D eigenvalue weighted by molar-refractivity contribution is -0.116. The molecule has 136 valence electrons. The van der Waals surface area contributed by atoms with Gasteiger partial charge in [-0.3, -0.25) is 14.4 Å². The number of hydrogen-bond donors (Lipinski definition) is 0. The molecular weight excluding hydrogens is 332 g/mol. The molecule has 2 unspecified atom stereocenters. The highest BCUT2D eigenvalue weighted by atomic mass is 16.5. The maximum absolute atomic E-state index is 12.9. The largest absolute Gasteiger partial charge is 0.465 e. The van der Waals surface area contributed by atoms with E-state index >= 15 is 0 Å². The Morgan fingerprint density at radius 1 is 0.846 bits per heavy atom. The topological polar surface area (TPSA) is 69.7 Å². The summed E-state index contributed by atoms with van der Waals surface area (Å²) in [5.74, 6) is 3.21. The number of carbonyl (C=O) groups is 3. The van der Waals surface area contributed by atoms with E-state index in [1.54, 1.807) is 26.0 Å². The van der Waals surface area contributed by atoms with Crippen LogP contribution in [0.25, 0.3) is 0 Å². The van der Waals surface area contributed by atoms with Crippen LogP contribution in [0.15, 0.2) is 46.3 Å². The minimum atomic E-state index is -0.0915. The molecule has 0 aromatic carbocycles. The van der Waals surface area contributed by atoms with Crippen molar-refractivity contribution < 1.29 is 23.9 Å². The summed E-state index contributed by atoms with van der Waals surface area (Å²) in [6, 6.07) is 0. The summed E-state index contributed by atoms with van der Waals surface area (Å²) in [6.45, 7) is 3.54. The molecule has 2 saturated heterocycles. The Kier molecular flexibility index (Phi) is 4.17. The molecule has 5 nitrogen and oxygen atoms in total. The zero-order chi connectivity index (χ0) is 18.4. The molecule has 5 heteroatoms. The summed E-state index contributed by atoms with van der Waals surface area (Å²) in [7, 11) is 0. The Labute approximate surface area is 152 Å². The first-order valence-corrected chi connectivity index (χ1v) is 9.21. The molecule has 0 saturated carbocycles. The zero-order valence-corrected chi connectivity index (χ0v) is 15.1. The van der Waals surface area contributed by atoms with E-state index in [0.717, 1.165) is 12.8 Å². The van der Waals surface area contributed by atoms with E-state index in [4.69, 9.17) is 9.47 Å². The van der Waals surface area contributed by atoms with Gasteiger partial charge in [0.05, 0.1) is 0 Å². The van der Waals surface area contributed by atoms with Crippen LogP contribution in [0, 0.1) is 11.8 Å². The lowest BCUT2D eigenvalue weighted by Crippen LogP contribution is -2.09. The van der Waals surface area contributed by atoms with Crippen molar-refractivity contribution in [2.45, 2.75) is 52.4 Å². The van der Waals surface area contributed by atoms with Crippen molar-refractivity contribution in [3.63, 3.8) is 0 Å². The molecule has 2 aliphatic carbocycles. The molecule has 4 rings (SSSR count). The molecule has 0 N–H and O–H groups in total. The minimum absolute atomic E-state index is 0.0876. The molecule has 0 aromatic rings. The van der Waals surface area contributed by atoms with Crippen molar-refractivity contribution in [1.82, 2.24) is 0 Å². The first kappa shape index (κ1) is 17.0. The molecule has 0 radical (unpaired) electrons. The number of hydrogen-bond acceptors (Lipinski definition) is 5. The third-order valence-corrected chi connectivity index (χ3v) is 5.75. The summed E-state index contributed by atoms with van der Waals surface area (Å²) >= 11 is 0. The Morgan fingerprint density at radius 2 is 1.27 bits per heavy atom. The van der Waals surface area contributed by atoms with E-state index in [-0.39, 0.29) is 29.2 Å². The third-order valence-electron chi connectivity index (χ3n) is 5.75. The van der Waals surface area contributed by atoms with Gasteiger partial charge in [-0.05, 0) is 26.7 Å². The fraction of sp³-hybridized carbons (Fsp3) is 0.476. The van der Waals surface area contributed by atoms with Gasteiger partial charge in [-0.15, -0.1) is 0 Å². The van der Waals surface area contributed by atoms with E-state index in [1.165, 1.54) is 0 Å². The Morgan fingerprint density at radius 3 is 1.69 bits per heavy atom. The molecule has 0 amide bonds.